The van der Waals surface area contributed by atoms with Crippen LogP contribution in [0.5, 0.6) is 0 Å². The van der Waals surface area contributed by atoms with Gasteiger partial charge >= 0.3 is 6.03 Å². The number of hydrogen-bond donors (Lipinski definition) is 0. The van der Waals surface area contributed by atoms with Crippen LogP contribution in [-0.4, -0.2) is 28.9 Å². The molecule has 1 atom stereocenters. The highest BCUT2D eigenvalue weighted by Crippen LogP contribution is 2.37. The first-order valence-electron chi connectivity index (χ1n) is 9.13. The zero-order valence-electron chi connectivity index (χ0n) is 15.7. The molecule has 7 heteroatoms. The van der Waals surface area contributed by atoms with Gasteiger partial charge in [-0.1, -0.05) is 64.6 Å². The number of carbonyl (C=O) groups is 2. The van der Waals surface area contributed by atoms with Gasteiger partial charge in [-0.2, -0.15) is 0 Å². The minimum absolute atomic E-state index is 0.269. The Morgan fingerprint density at radius 1 is 1.04 bits per heavy atom. The Labute approximate surface area is 183 Å². The summed E-state index contributed by atoms with van der Waals surface area (Å²) in [5.74, 6) is -0.269. The molecule has 3 amide bonds. The molecular weight excluding hydrogens is 463 g/mol. The van der Waals surface area contributed by atoms with Crippen LogP contribution in [-0.2, 0) is 11.2 Å². The molecular formula is C21H21BrCl2N2O2. The SMILES string of the molecule is CCCCN1C(=O)N(c2cc(Cl)cc(Cl)c2)C(=O)C1(C)Cc1ccc(Br)cc1. The van der Waals surface area contributed by atoms with Crippen LogP contribution in [0.25, 0.3) is 0 Å². The number of rotatable bonds is 6. The van der Waals surface area contributed by atoms with Crippen LogP contribution in [0.2, 0.25) is 10.0 Å². The molecule has 2 aromatic rings. The van der Waals surface area contributed by atoms with Crippen molar-refractivity contribution in [1.82, 2.24) is 4.90 Å². The fraction of sp³-hybridized carbons (Fsp3) is 0.333. The van der Waals surface area contributed by atoms with E-state index in [4.69, 9.17) is 23.2 Å². The lowest BCUT2D eigenvalue weighted by atomic mass is 9.91. The maximum absolute atomic E-state index is 13.5. The number of amides is 3. The molecule has 0 aliphatic carbocycles. The molecule has 0 radical (unpaired) electrons. The van der Waals surface area contributed by atoms with Gasteiger partial charge in [0.05, 0.1) is 5.69 Å². The third kappa shape index (κ3) is 4.07. The van der Waals surface area contributed by atoms with Gasteiger partial charge in [0.1, 0.15) is 5.54 Å². The van der Waals surface area contributed by atoms with Crippen molar-refractivity contribution in [2.75, 3.05) is 11.4 Å². The summed E-state index contributed by atoms with van der Waals surface area (Å²) >= 11 is 15.6. The molecule has 0 bridgehead atoms. The van der Waals surface area contributed by atoms with E-state index in [-0.39, 0.29) is 11.9 Å². The van der Waals surface area contributed by atoms with E-state index in [1.165, 1.54) is 4.90 Å². The highest BCUT2D eigenvalue weighted by atomic mass is 79.9. The second kappa shape index (κ2) is 8.44. The van der Waals surface area contributed by atoms with E-state index in [1.807, 2.05) is 31.2 Å². The molecule has 4 nitrogen and oxygen atoms in total. The molecule has 0 N–H and O–H groups in total. The Morgan fingerprint density at radius 3 is 2.21 bits per heavy atom. The Hall–Kier alpha value is -1.56. The quantitative estimate of drug-likeness (QED) is 0.450. The number of urea groups is 1. The number of unbranched alkanes of at least 4 members (excludes halogenated alkanes) is 1. The predicted octanol–water partition coefficient (Wildman–Crippen LogP) is 6.33. The maximum atomic E-state index is 13.5. The molecule has 1 fully saturated rings. The highest BCUT2D eigenvalue weighted by Gasteiger charge is 2.54. The molecule has 0 saturated carbocycles. The Balaban J connectivity index is 2.02. The minimum atomic E-state index is -0.977. The van der Waals surface area contributed by atoms with Crippen LogP contribution in [0.4, 0.5) is 10.5 Å². The fourth-order valence-corrected chi connectivity index (χ4v) is 4.28. The van der Waals surface area contributed by atoms with Gasteiger partial charge < -0.3 is 4.90 Å². The smallest absolute Gasteiger partial charge is 0.309 e. The molecule has 28 heavy (non-hydrogen) atoms. The number of anilines is 1. The van der Waals surface area contributed by atoms with Crippen LogP contribution in [0.3, 0.4) is 0 Å². The van der Waals surface area contributed by atoms with Gasteiger partial charge in [0.2, 0.25) is 0 Å². The summed E-state index contributed by atoms with van der Waals surface area (Å²) in [7, 11) is 0. The first-order valence-corrected chi connectivity index (χ1v) is 10.7. The minimum Gasteiger partial charge on any atom is -0.309 e. The summed E-state index contributed by atoms with van der Waals surface area (Å²) in [4.78, 5) is 29.6. The average molecular weight is 484 g/mol. The van der Waals surface area contributed by atoms with E-state index < -0.39 is 5.54 Å². The van der Waals surface area contributed by atoms with E-state index in [0.717, 1.165) is 22.9 Å². The third-order valence-electron chi connectivity index (χ3n) is 4.98. The van der Waals surface area contributed by atoms with Crippen molar-refractivity contribution < 1.29 is 9.59 Å². The van der Waals surface area contributed by atoms with Gasteiger partial charge in [-0.25, -0.2) is 9.69 Å². The summed E-state index contributed by atoms with van der Waals surface area (Å²) in [6.07, 6.45) is 2.17. The molecule has 1 heterocycles. The van der Waals surface area contributed by atoms with Crippen LogP contribution in [0.1, 0.15) is 32.3 Å². The number of benzene rings is 2. The standard InChI is InChI=1S/C21H21BrCl2N2O2/c1-3-4-9-25-20(28)26(18-11-16(23)10-17(24)12-18)19(27)21(25,2)13-14-5-7-15(22)8-6-14/h5-8,10-12H,3-4,9,13H2,1-2H3. The number of halogens is 3. The van der Waals surface area contributed by atoms with Crippen molar-refractivity contribution in [3.05, 3.63) is 62.5 Å². The number of carbonyl (C=O) groups excluding carboxylic acids is 2. The van der Waals surface area contributed by atoms with Crippen LogP contribution in [0.15, 0.2) is 46.9 Å². The lowest BCUT2D eigenvalue weighted by Crippen LogP contribution is -2.49. The number of hydrogen-bond acceptors (Lipinski definition) is 2. The normalized spacial score (nSPS) is 19.6. The monoisotopic (exact) mass is 482 g/mol. The topological polar surface area (TPSA) is 40.6 Å². The number of nitrogens with zero attached hydrogens (tertiary/aromatic N) is 2. The zero-order chi connectivity index (χ0) is 20.5. The fourth-order valence-electron chi connectivity index (χ4n) is 3.50. The van der Waals surface area contributed by atoms with Crippen LogP contribution >= 0.6 is 39.1 Å². The molecule has 0 aromatic heterocycles. The molecule has 1 aliphatic rings. The van der Waals surface area contributed by atoms with Crippen molar-refractivity contribution in [1.29, 1.82) is 0 Å². The number of imide groups is 1. The Kier molecular flexibility index (Phi) is 6.37. The Bertz CT molecular complexity index is 884. The van der Waals surface area contributed by atoms with Gasteiger partial charge in [0.25, 0.3) is 5.91 Å². The predicted molar refractivity (Wildman–Crippen MR) is 117 cm³/mol. The van der Waals surface area contributed by atoms with E-state index in [9.17, 15) is 9.59 Å². The lowest BCUT2D eigenvalue weighted by molar-refractivity contribution is -0.124. The first-order chi connectivity index (χ1) is 13.3. The maximum Gasteiger partial charge on any atom is 0.332 e. The van der Waals surface area contributed by atoms with E-state index in [1.54, 1.807) is 23.1 Å². The third-order valence-corrected chi connectivity index (χ3v) is 5.95. The largest absolute Gasteiger partial charge is 0.332 e. The summed E-state index contributed by atoms with van der Waals surface area (Å²) in [5, 5.41) is 0.759. The van der Waals surface area contributed by atoms with Crippen molar-refractivity contribution in [2.45, 2.75) is 38.6 Å². The van der Waals surface area contributed by atoms with E-state index in [0.29, 0.717) is 28.7 Å². The molecule has 2 aromatic carbocycles. The second-order valence-corrected chi connectivity index (χ2v) is 8.92. The van der Waals surface area contributed by atoms with E-state index in [2.05, 4.69) is 22.9 Å². The first kappa shape index (κ1) is 21.2. The molecule has 148 valence electrons. The second-order valence-electron chi connectivity index (χ2n) is 7.13. The molecule has 1 unspecified atom stereocenters. The Morgan fingerprint density at radius 2 is 1.64 bits per heavy atom. The van der Waals surface area contributed by atoms with Crippen molar-refractivity contribution >= 4 is 56.8 Å². The molecule has 1 aliphatic heterocycles. The van der Waals surface area contributed by atoms with Crippen molar-refractivity contribution in [3.63, 3.8) is 0 Å². The van der Waals surface area contributed by atoms with Crippen molar-refractivity contribution in [3.8, 4) is 0 Å². The summed E-state index contributed by atoms with van der Waals surface area (Å²) in [6, 6.07) is 12.2. The van der Waals surface area contributed by atoms with Gasteiger partial charge in [-0.3, -0.25) is 4.79 Å². The molecule has 3 rings (SSSR count). The zero-order valence-corrected chi connectivity index (χ0v) is 18.8. The summed E-state index contributed by atoms with van der Waals surface area (Å²) in [5.41, 5.74) is 0.405. The summed E-state index contributed by atoms with van der Waals surface area (Å²) < 4.78 is 0.966. The van der Waals surface area contributed by atoms with Gasteiger partial charge in [0, 0.05) is 27.5 Å². The average Bonchev–Trinajstić information content (AvgIpc) is 2.80. The summed E-state index contributed by atoms with van der Waals surface area (Å²) in [6.45, 7) is 4.40. The van der Waals surface area contributed by atoms with Gasteiger partial charge in [0.15, 0.2) is 0 Å². The lowest BCUT2D eigenvalue weighted by Gasteiger charge is -2.31. The molecule has 1 saturated heterocycles. The van der Waals surface area contributed by atoms with Crippen molar-refractivity contribution in [2.24, 2.45) is 0 Å². The molecule has 0 spiro atoms. The van der Waals surface area contributed by atoms with Gasteiger partial charge in [-0.05, 0) is 49.2 Å². The van der Waals surface area contributed by atoms with E-state index >= 15 is 0 Å². The van der Waals surface area contributed by atoms with Gasteiger partial charge in [-0.15, -0.1) is 0 Å². The van der Waals surface area contributed by atoms with Crippen LogP contribution in [0, 0.1) is 0 Å². The highest BCUT2D eigenvalue weighted by molar-refractivity contribution is 9.10. The van der Waals surface area contributed by atoms with Crippen LogP contribution < -0.4 is 4.90 Å².